The molecule has 6 nitrogen and oxygen atoms in total. The summed E-state index contributed by atoms with van der Waals surface area (Å²) < 4.78 is 36.8. The number of carbonyl (C=O) groups excluding carboxylic acids is 1. The molecule has 1 aliphatic heterocycles. The Labute approximate surface area is 175 Å². The predicted molar refractivity (Wildman–Crippen MR) is 110 cm³/mol. The van der Waals surface area contributed by atoms with Gasteiger partial charge in [0.15, 0.2) is 21.3 Å². The smallest absolute Gasteiger partial charge is 0.251 e. The van der Waals surface area contributed by atoms with Crippen LogP contribution in [0.15, 0.2) is 47.4 Å². The lowest BCUT2D eigenvalue weighted by atomic mass is 9.94. The maximum atomic E-state index is 12.4. The molecular weight excluding hydrogens is 414 g/mol. The minimum Gasteiger partial charge on any atom is -0.448 e. The summed E-state index contributed by atoms with van der Waals surface area (Å²) in [5, 5.41) is 3.19. The Morgan fingerprint density at radius 3 is 2.41 bits per heavy atom. The first-order valence-electron chi connectivity index (χ1n) is 9.66. The van der Waals surface area contributed by atoms with Gasteiger partial charge in [0.25, 0.3) is 5.79 Å². The largest absolute Gasteiger partial charge is 0.448 e. The van der Waals surface area contributed by atoms with Crippen molar-refractivity contribution in [1.29, 1.82) is 0 Å². The van der Waals surface area contributed by atoms with Crippen molar-refractivity contribution >= 4 is 33.0 Å². The number of nitrogens with one attached hydrogen (secondary N) is 1. The molecule has 0 atom stereocenters. The Bertz CT molecular complexity index is 1010. The number of carbonyl (C=O) groups is 1. The van der Waals surface area contributed by atoms with E-state index in [-0.39, 0.29) is 23.0 Å². The second kappa shape index (κ2) is 7.88. The SMILES string of the molecule is O=C(CCS(=O)(=O)c1ccc(Cl)cc1)Nc1ccc2c(c1)OC1(CCCCC1)O2. The summed E-state index contributed by atoms with van der Waals surface area (Å²) in [4.78, 5) is 12.4. The summed E-state index contributed by atoms with van der Waals surface area (Å²) in [6.07, 6.45) is 4.88. The molecule has 0 bridgehead atoms. The van der Waals surface area contributed by atoms with Crippen LogP contribution in [-0.4, -0.2) is 25.9 Å². The highest BCUT2D eigenvalue weighted by atomic mass is 35.5. The van der Waals surface area contributed by atoms with Gasteiger partial charge in [-0.3, -0.25) is 4.79 Å². The molecule has 0 saturated heterocycles. The molecule has 1 fully saturated rings. The zero-order chi connectivity index (χ0) is 20.5. The monoisotopic (exact) mass is 435 g/mol. The molecule has 4 rings (SSSR count). The number of anilines is 1. The summed E-state index contributed by atoms with van der Waals surface area (Å²) in [5.74, 6) is 0.0479. The molecule has 1 saturated carbocycles. The maximum Gasteiger partial charge on any atom is 0.251 e. The van der Waals surface area contributed by atoms with Crippen molar-refractivity contribution in [1.82, 2.24) is 0 Å². The first-order chi connectivity index (χ1) is 13.9. The van der Waals surface area contributed by atoms with Crippen LogP contribution in [0.1, 0.15) is 38.5 Å². The van der Waals surface area contributed by atoms with Crippen molar-refractivity contribution in [3.63, 3.8) is 0 Å². The van der Waals surface area contributed by atoms with Crippen molar-refractivity contribution in [2.24, 2.45) is 0 Å². The van der Waals surface area contributed by atoms with Gasteiger partial charge in [-0.05, 0) is 49.2 Å². The van der Waals surface area contributed by atoms with Gasteiger partial charge in [0.1, 0.15) is 0 Å². The predicted octanol–water partition coefficient (Wildman–Crippen LogP) is 4.57. The van der Waals surface area contributed by atoms with Crippen LogP contribution in [0.3, 0.4) is 0 Å². The molecule has 1 heterocycles. The molecule has 29 heavy (non-hydrogen) atoms. The van der Waals surface area contributed by atoms with Crippen LogP contribution in [0, 0.1) is 0 Å². The number of ether oxygens (including phenoxy) is 2. The van der Waals surface area contributed by atoms with Crippen molar-refractivity contribution in [2.45, 2.75) is 49.2 Å². The average Bonchev–Trinajstić information content (AvgIpc) is 3.04. The molecule has 2 aliphatic rings. The van der Waals surface area contributed by atoms with Crippen LogP contribution in [-0.2, 0) is 14.6 Å². The number of fused-ring (bicyclic) bond motifs is 1. The number of hydrogen-bond donors (Lipinski definition) is 1. The standard InChI is InChI=1S/C21H22ClNO5S/c22-15-4-7-17(8-5-15)29(25,26)13-10-20(24)23-16-6-9-18-19(14-16)28-21(27-18)11-2-1-3-12-21/h4-9,14H,1-3,10-13H2,(H,23,24). The van der Waals surface area contributed by atoms with Gasteiger partial charge in [-0.1, -0.05) is 18.0 Å². The van der Waals surface area contributed by atoms with Crippen molar-refractivity contribution in [3.05, 3.63) is 47.5 Å². The molecule has 1 amide bonds. The zero-order valence-corrected chi connectivity index (χ0v) is 17.4. The Hall–Kier alpha value is -2.25. The molecule has 0 aromatic heterocycles. The first kappa shape index (κ1) is 20.0. The van der Waals surface area contributed by atoms with Gasteiger partial charge in [0.05, 0.1) is 10.6 Å². The Morgan fingerprint density at radius 1 is 1.00 bits per heavy atom. The molecule has 8 heteroatoms. The lowest BCUT2D eigenvalue weighted by molar-refractivity contribution is -0.115. The van der Waals surface area contributed by atoms with E-state index in [9.17, 15) is 13.2 Å². The van der Waals surface area contributed by atoms with E-state index in [0.717, 1.165) is 25.7 Å². The van der Waals surface area contributed by atoms with Crippen molar-refractivity contribution < 1.29 is 22.7 Å². The summed E-state index contributed by atoms with van der Waals surface area (Å²) in [5.41, 5.74) is 0.550. The summed E-state index contributed by atoms with van der Waals surface area (Å²) in [6.45, 7) is 0. The summed E-state index contributed by atoms with van der Waals surface area (Å²) >= 11 is 5.79. The van der Waals surface area contributed by atoms with Gasteiger partial charge in [-0.2, -0.15) is 0 Å². The lowest BCUT2D eigenvalue weighted by Crippen LogP contribution is -2.40. The minimum atomic E-state index is -3.56. The Morgan fingerprint density at radius 2 is 1.69 bits per heavy atom. The molecule has 1 aliphatic carbocycles. The van der Waals surface area contributed by atoms with Crippen LogP contribution in [0.5, 0.6) is 11.5 Å². The topological polar surface area (TPSA) is 81.7 Å². The van der Waals surface area contributed by atoms with Gasteiger partial charge in [-0.25, -0.2) is 8.42 Å². The van der Waals surface area contributed by atoms with E-state index < -0.39 is 15.6 Å². The van der Waals surface area contributed by atoms with E-state index in [2.05, 4.69) is 5.32 Å². The second-order valence-corrected chi connectivity index (χ2v) is 9.95. The highest BCUT2D eigenvalue weighted by Crippen LogP contribution is 2.46. The molecule has 1 spiro atoms. The molecule has 154 valence electrons. The molecule has 0 radical (unpaired) electrons. The van der Waals surface area contributed by atoms with Crippen LogP contribution < -0.4 is 14.8 Å². The normalized spacial score (nSPS) is 17.3. The first-order valence-corrected chi connectivity index (χ1v) is 11.7. The molecular formula is C21H22ClNO5S. The highest BCUT2D eigenvalue weighted by Gasteiger charge is 2.42. The third-order valence-electron chi connectivity index (χ3n) is 5.21. The highest BCUT2D eigenvalue weighted by molar-refractivity contribution is 7.91. The number of benzene rings is 2. The number of halogens is 1. The van der Waals surface area contributed by atoms with Crippen molar-refractivity contribution in [3.8, 4) is 11.5 Å². The number of hydrogen-bond acceptors (Lipinski definition) is 5. The third kappa shape index (κ3) is 4.51. The lowest BCUT2D eigenvalue weighted by Gasteiger charge is -2.31. The van der Waals surface area contributed by atoms with E-state index in [0.29, 0.717) is 22.2 Å². The molecule has 1 N–H and O–H groups in total. The van der Waals surface area contributed by atoms with Crippen LogP contribution in [0.2, 0.25) is 5.02 Å². The molecule has 0 unspecified atom stereocenters. The fourth-order valence-corrected chi connectivity index (χ4v) is 5.04. The molecule has 2 aromatic rings. The van der Waals surface area contributed by atoms with E-state index in [1.807, 2.05) is 0 Å². The van der Waals surface area contributed by atoms with Crippen molar-refractivity contribution in [2.75, 3.05) is 11.1 Å². The van der Waals surface area contributed by atoms with Crippen LogP contribution in [0.25, 0.3) is 0 Å². The fraction of sp³-hybridized carbons (Fsp3) is 0.381. The zero-order valence-electron chi connectivity index (χ0n) is 15.8. The van der Waals surface area contributed by atoms with E-state index >= 15 is 0 Å². The Kier molecular flexibility index (Phi) is 5.44. The van der Waals surface area contributed by atoms with Gasteiger partial charge < -0.3 is 14.8 Å². The van der Waals surface area contributed by atoms with E-state index in [1.165, 1.54) is 30.7 Å². The average molecular weight is 436 g/mol. The number of sulfone groups is 1. The quantitative estimate of drug-likeness (QED) is 0.743. The molecule has 2 aromatic carbocycles. The number of rotatable bonds is 5. The minimum absolute atomic E-state index is 0.149. The van der Waals surface area contributed by atoms with Gasteiger partial charge in [-0.15, -0.1) is 0 Å². The van der Waals surface area contributed by atoms with Gasteiger partial charge in [0.2, 0.25) is 5.91 Å². The van der Waals surface area contributed by atoms with Gasteiger partial charge >= 0.3 is 0 Å². The fourth-order valence-electron chi connectivity index (χ4n) is 3.68. The third-order valence-corrected chi connectivity index (χ3v) is 7.19. The van der Waals surface area contributed by atoms with Gasteiger partial charge in [0, 0.05) is 36.0 Å². The maximum absolute atomic E-state index is 12.4. The van der Waals surface area contributed by atoms with E-state index in [4.69, 9.17) is 21.1 Å². The van der Waals surface area contributed by atoms with Crippen LogP contribution >= 0.6 is 11.6 Å². The Balaban J connectivity index is 1.36. The summed E-state index contributed by atoms with van der Waals surface area (Å²) in [7, 11) is -3.56. The van der Waals surface area contributed by atoms with Crippen LogP contribution in [0.4, 0.5) is 5.69 Å². The summed E-state index contributed by atoms with van der Waals surface area (Å²) in [6, 6.07) is 11.1. The van der Waals surface area contributed by atoms with E-state index in [1.54, 1.807) is 18.2 Å². The number of amides is 1. The second-order valence-electron chi connectivity index (χ2n) is 7.41.